The van der Waals surface area contributed by atoms with Gasteiger partial charge in [-0.2, -0.15) is 0 Å². The third-order valence-corrected chi connectivity index (χ3v) is 10.3. The fourth-order valence-electron chi connectivity index (χ4n) is 8.59. The van der Waals surface area contributed by atoms with Crippen molar-refractivity contribution in [1.82, 2.24) is 0 Å². The van der Waals surface area contributed by atoms with E-state index in [4.69, 9.17) is 0 Å². The molecule has 1 unspecified atom stereocenters. The first-order valence-corrected chi connectivity index (χ1v) is 12.7. The highest BCUT2D eigenvalue weighted by Crippen LogP contribution is 2.67. The maximum atomic E-state index is 2.73. The zero-order valence-electron chi connectivity index (χ0n) is 18.6. The highest BCUT2D eigenvalue weighted by Gasteiger charge is 2.58. The molecule has 0 aromatic rings. The Balaban J connectivity index is 1.37. The van der Waals surface area contributed by atoms with E-state index in [-0.39, 0.29) is 0 Å². The molecule has 0 heterocycles. The molecule has 0 nitrogen and oxygen atoms in total. The molecule has 0 N–H and O–H groups in total. The summed E-state index contributed by atoms with van der Waals surface area (Å²) in [7, 11) is 0. The van der Waals surface area contributed by atoms with Crippen LogP contribution in [0.3, 0.4) is 0 Å². The van der Waals surface area contributed by atoms with Crippen LogP contribution in [0.15, 0.2) is 12.2 Å². The van der Waals surface area contributed by atoms with E-state index in [0.717, 1.165) is 29.6 Å². The summed E-state index contributed by atoms with van der Waals surface area (Å²) >= 11 is 0. The molecule has 3 saturated carbocycles. The summed E-state index contributed by atoms with van der Waals surface area (Å²) in [4.78, 5) is 0. The van der Waals surface area contributed by atoms with E-state index in [0.29, 0.717) is 10.8 Å². The van der Waals surface area contributed by atoms with Crippen LogP contribution < -0.4 is 0 Å². The lowest BCUT2D eigenvalue weighted by Crippen LogP contribution is -2.52. The molecule has 0 spiro atoms. The van der Waals surface area contributed by atoms with E-state index in [1.807, 2.05) is 0 Å². The Morgan fingerprint density at radius 2 is 1.56 bits per heavy atom. The Morgan fingerprint density at radius 1 is 0.778 bits per heavy atom. The minimum absolute atomic E-state index is 0.635. The third kappa shape index (κ3) is 3.57. The molecule has 0 bridgehead atoms. The van der Waals surface area contributed by atoms with Gasteiger partial charge in [-0.15, -0.1) is 0 Å². The molecule has 0 radical (unpaired) electrons. The van der Waals surface area contributed by atoms with Gasteiger partial charge in [0.1, 0.15) is 0 Å². The van der Waals surface area contributed by atoms with Gasteiger partial charge in [0.25, 0.3) is 0 Å². The molecule has 4 aliphatic rings. The standard InChI is InChI=1S/C27H46/c1-4-5-6-7-8-9-12-22-15-17-24-23-16-14-21-13-10-11-19-26(21,2)25(23)18-20-27(22,24)3/h10-11,21-25H,4-9,12-20H2,1-3H3/t21-,22+,23?,24+,25+,26+,27-/m1/s1. The van der Waals surface area contributed by atoms with Crippen LogP contribution in [0, 0.1) is 40.4 Å². The molecule has 0 aromatic carbocycles. The number of hydrogen-bond donors (Lipinski definition) is 0. The Bertz CT molecular complexity index is 518. The molecule has 4 rings (SSSR count). The van der Waals surface area contributed by atoms with E-state index in [1.165, 1.54) is 57.8 Å². The van der Waals surface area contributed by atoms with Gasteiger partial charge in [0.2, 0.25) is 0 Å². The van der Waals surface area contributed by atoms with Crippen molar-refractivity contribution in [3.63, 3.8) is 0 Å². The van der Waals surface area contributed by atoms with Crippen LogP contribution in [-0.2, 0) is 0 Å². The van der Waals surface area contributed by atoms with Crippen molar-refractivity contribution in [2.45, 2.75) is 117 Å². The van der Waals surface area contributed by atoms with Crippen LogP contribution in [0.5, 0.6) is 0 Å². The quantitative estimate of drug-likeness (QED) is 0.311. The SMILES string of the molecule is CCCCCCCC[C@H]1CC[C@H]2C3CC[C@H]4CC=CC[C@]4(C)[C@H]3CC[C@]12C. The first kappa shape index (κ1) is 20.0. The van der Waals surface area contributed by atoms with Gasteiger partial charge < -0.3 is 0 Å². The number of fused-ring (bicyclic) bond motifs is 5. The van der Waals surface area contributed by atoms with E-state index < -0.39 is 0 Å². The number of rotatable bonds is 7. The van der Waals surface area contributed by atoms with Gasteiger partial charge in [0.05, 0.1) is 0 Å². The monoisotopic (exact) mass is 370 g/mol. The second-order valence-electron chi connectivity index (χ2n) is 11.4. The average Bonchev–Trinajstić information content (AvgIpc) is 3.00. The van der Waals surface area contributed by atoms with Gasteiger partial charge >= 0.3 is 0 Å². The third-order valence-electron chi connectivity index (χ3n) is 10.3. The molecule has 0 aromatic heterocycles. The van der Waals surface area contributed by atoms with Crippen LogP contribution in [0.4, 0.5) is 0 Å². The maximum Gasteiger partial charge on any atom is -0.0229 e. The van der Waals surface area contributed by atoms with Gasteiger partial charge in [-0.3, -0.25) is 0 Å². The Labute approximate surface area is 170 Å². The molecule has 0 heteroatoms. The first-order valence-electron chi connectivity index (χ1n) is 12.7. The second kappa shape index (κ2) is 8.23. The summed E-state index contributed by atoms with van der Waals surface area (Å²) in [5, 5.41) is 0. The second-order valence-corrected chi connectivity index (χ2v) is 11.4. The largest absolute Gasteiger partial charge is 0.0882 e. The van der Waals surface area contributed by atoms with Crippen molar-refractivity contribution in [3.8, 4) is 0 Å². The molecule has 0 amide bonds. The Kier molecular flexibility index (Phi) is 6.11. The maximum absolute atomic E-state index is 2.73. The van der Waals surface area contributed by atoms with Gasteiger partial charge in [0.15, 0.2) is 0 Å². The summed E-state index contributed by atoms with van der Waals surface area (Å²) in [5.74, 6) is 5.20. The van der Waals surface area contributed by atoms with Crippen molar-refractivity contribution in [3.05, 3.63) is 12.2 Å². The molecule has 0 saturated heterocycles. The van der Waals surface area contributed by atoms with Crippen molar-refractivity contribution in [2.75, 3.05) is 0 Å². The van der Waals surface area contributed by atoms with Crippen LogP contribution in [0.1, 0.15) is 117 Å². The van der Waals surface area contributed by atoms with Crippen molar-refractivity contribution in [2.24, 2.45) is 40.4 Å². The summed E-state index contributed by atoms with van der Waals surface area (Å²) in [6.07, 6.45) is 27.4. The van der Waals surface area contributed by atoms with Gasteiger partial charge in [-0.05, 0) is 98.2 Å². The lowest BCUT2D eigenvalue weighted by atomic mass is 9.45. The molecule has 154 valence electrons. The van der Waals surface area contributed by atoms with Crippen LogP contribution in [0.2, 0.25) is 0 Å². The molecule has 0 aliphatic heterocycles. The normalized spacial score (nSPS) is 46.0. The number of hydrogen-bond acceptors (Lipinski definition) is 0. The molecule has 3 fully saturated rings. The fourth-order valence-corrected chi connectivity index (χ4v) is 8.59. The highest BCUT2D eigenvalue weighted by atomic mass is 14.6. The highest BCUT2D eigenvalue weighted by molar-refractivity contribution is 5.12. The zero-order chi connectivity index (χ0) is 18.9. The number of allylic oxidation sites excluding steroid dienone is 2. The van der Waals surface area contributed by atoms with Crippen LogP contribution in [0.25, 0.3) is 0 Å². The summed E-state index contributed by atoms with van der Waals surface area (Å²) < 4.78 is 0. The molecule has 27 heavy (non-hydrogen) atoms. The molecule has 7 atom stereocenters. The predicted molar refractivity (Wildman–Crippen MR) is 118 cm³/mol. The lowest BCUT2D eigenvalue weighted by molar-refractivity contribution is -0.0968. The van der Waals surface area contributed by atoms with E-state index in [2.05, 4.69) is 32.9 Å². The van der Waals surface area contributed by atoms with Gasteiger partial charge in [-0.1, -0.05) is 71.4 Å². The van der Waals surface area contributed by atoms with Gasteiger partial charge in [0, 0.05) is 0 Å². The van der Waals surface area contributed by atoms with Crippen molar-refractivity contribution in [1.29, 1.82) is 0 Å². The van der Waals surface area contributed by atoms with Crippen molar-refractivity contribution < 1.29 is 0 Å². The van der Waals surface area contributed by atoms with E-state index in [1.54, 1.807) is 38.5 Å². The van der Waals surface area contributed by atoms with Gasteiger partial charge in [-0.25, -0.2) is 0 Å². The first-order chi connectivity index (χ1) is 13.1. The smallest absolute Gasteiger partial charge is 0.0229 e. The van der Waals surface area contributed by atoms with Crippen LogP contribution >= 0.6 is 0 Å². The zero-order valence-corrected chi connectivity index (χ0v) is 18.6. The topological polar surface area (TPSA) is 0 Å². The average molecular weight is 371 g/mol. The Hall–Kier alpha value is -0.260. The van der Waals surface area contributed by atoms with E-state index >= 15 is 0 Å². The summed E-state index contributed by atoms with van der Waals surface area (Å²) in [5.41, 5.74) is 1.33. The minimum atomic E-state index is 0.635. The summed E-state index contributed by atoms with van der Waals surface area (Å²) in [6, 6.07) is 0. The fraction of sp³-hybridized carbons (Fsp3) is 0.926. The number of unbranched alkanes of at least 4 members (excludes halogenated alkanes) is 5. The molecule has 4 aliphatic carbocycles. The Morgan fingerprint density at radius 3 is 2.41 bits per heavy atom. The molecular weight excluding hydrogens is 324 g/mol. The lowest BCUT2D eigenvalue weighted by Gasteiger charge is -2.60. The minimum Gasteiger partial charge on any atom is -0.0882 e. The summed E-state index contributed by atoms with van der Waals surface area (Å²) in [6.45, 7) is 7.74. The molecular formula is C27H46. The van der Waals surface area contributed by atoms with Crippen molar-refractivity contribution >= 4 is 0 Å². The van der Waals surface area contributed by atoms with Crippen LogP contribution in [-0.4, -0.2) is 0 Å². The predicted octanol–water partition coefficient (Wildman–Crippen LogP) is 8.56. The van der Waals surface area contributed by atoms with E-state index in [9.17, 15) is 0 Å².